The van der Waals surface area contributed by atoms with Gasteiger partial charge in [-0.15, -0.1) is 0 Å². The van der Waals surface area contributed by atoms with Crippen LogP contribution in [-0.2, 0) is 20.8 Å². The predicted octanol–water partition coefficient (Wildman–Crippen LogP) is 1.22. The fourth-order valence-electron chi connectivity index (χ4n) is 2.97. The summed E-state index contributed by atoms with van der Waals surface area (Å²) < 4.78 is 10.3. The van der Waals surface area contributed by atoms with E-state index in [1.165, 1.54) is 30.2 Å². The summed E-state index contributed by atoms with van der Waals surface area (Å²) in [5.41, 5.74) is 2.01. The van der Waals surface area contributed by atoms with Crippen LogP contribution in [0.2, 0.25) is 0 Å². The summed E-state index contributed by atoms with van der Waals surface area (Å²) in [6, 6.07) is 11.9. The van der Waals surface area contributed by atoms with Crippen LogP contribution >= 0.6 is 12.2 Å². The number of benzene rings is 2. The normalized spacial score (nSPS) is 15.1. The van der Waals surface area contributed by atoms with Crippen LogP contribution in [0.3, 0.4) is 0 Å². The molecule has 0 atom stereocenters. The molecule has 160 valence electrons. The number of carbonyl (C=O) groups excluding carboxylic acids is 3. The van der Waals surface area contributed by atoms with Crippen molar-refractivity contribution < 1.29 is 29.0 Å². The Morgan fingerprint density at radius 3 is 2.48 bits per heavy atom. The summed E-state index contributed by atoms with van der Waals surface area (Å²) >= 11 is 5.21. The molecular weight excluding hydrogens is 420 g/mol. The molecule has 2 amide bonds. The Balaban J connectivity index is 1.92. The third-order valence-corrected chi connectivity index (χ3v) is 4.83. The number of carboxylic acid groups (broad SMARTS) is 1. The molecule has 1 aliphatic heterocycles. The van der Waals surface area contributed by atoms with Crippen molar-refractivity contribution >= 4 is 46.9 Å². The van der Waals surface area contributed by atoms with Gasteiger partial charge in [0.25, 0.3) is 11.8 Å². The number of thiocarbonyl (C=S) groups is 1. The van der Waals surface area contributed by atoms with Gasteiger partial charge in [0.05, 0.1) is 18.8 Å². The molecule has 0 spiro atoms. The molecule has 2 aromatic rings. The van der Waals surface area contributed by atoms with Gasteiger partial charge in [-0.05, 0) is 60.1 Å². The first-order valence-electron chi connectivity index (χ1n) is 9.35. The van der Waals surface area contributed by atoms with Crippen LogP contribution in [0.4, 0.5) is 5.69 Å². The number of aliphatic carboxylic acids is 1. The van der Waals surface area contributed by atoms with Crippen LogP contribution < -0.4 is 24.8 Å². The molecule has 3 rings (SSSR count). The Kier molecular flexibility index (Phi) is 6.66. The molecule has 31 heavy (non-hydrogen) atoms. The molecule has 1 saturated heterocycles. The van der Waals surface area contributed by atoms with Crippen molar-refractivity contribution in [1.29, 1.82) is 0 Å². The van der Waals surface area contributed by atoms with Crippen LogP contribution in [0, 0.1) is 0 Å². The number of carbonyl (C=O) groups is 3. The largest absolute Gasteiger partial charge is 0.546 e. The number of hydrogen-bond donors (Lipinski definition) is 1. The van der Waals surface area contributed by atoms with Gasteiger partial charge in [0.15, 0.2) is 16.6 Å². The highest BCUT2D eigenvalue weighted by Gasteiger charge is 2.34. The first-order chi connectivity index (χ1) is 14.8. The summed E-state index contributed by atoms with van der Waals surface area (Å²) in [5, 5.41) is 13.1. The Bertz CT molecular complexity index is 1080. The van der Waals surface area contributed by atoms with Crippen molar-refractivity contribution in [3.63, 3.8) is 0 Å². The molecule has 0 bridgehead atoms. The molecule has 0 unspecified atom stereocenters. The van der Waals surface area contributed by atoms with Gasteiger partial charge < -0.3 is 19.4 Å². The molecule has 0 radical (unpaired) electrons. The highest BCUT2D eigenvalue weighted by molar-refractivity contribution is 7.80. The number of nitrogens with one attached hydrogen (secondary N) is 1. The van der Waals surface area contributed by atoms with Crippen molar-refractivity contribution in [1.82, 2.24) is 5.32 Å². The maximum atomic E-state index is 13.1. The van der Waals surface area contributed by atoms with Crippen LogP contribution in [-0.4, -0.2) is 36.6 Å². The lowest BCUT2D eigenvalue weighted by atomic mass is 10.1. The second-order valence-corrected chi connectivity index (χ2v) is 6.94. The van der Waals surface area contributed by atoms with Crippen molar-refractivity contribution in [3.05, 3.63) is 59.2 Å². The number of aryl methyl sites for hydroxylation is 1. The van der Waals surface area contributed by atoms with Gasteiger partial charge in [0.2, 0.25) is 0 Å². The van der Waals surface area contributed by atoms with E-state index in [1.54, 1.807) is 18.2 Å². The smallest absolute Gasteiger partial charge is 0.270 e. The van der Waals surface area contributed by atoms with Gasteiger partial charge in [-0.3, -0.25) is 19.8 Å². The number of amides is 2. The van der Waals surface area contributed by atoms with E-state index in [-0.39, 0.29) is 22.2 Å². The number of carboxylic acids is 1. The van der Waals surface area contributed by atoms with E-state index in [0.717, 1.165) is 12.0 Å². The van der Waals surface area contributed by atoms with E-state index in [1.807, 2.05) is 19.1 Å². The lowest BCUT2D eigenvalue weighted by Gasteiger charge is -2.29. The zero-order chi connectivity index (χ0) is 22.5. The van der Waals surface area contributed by atoms with Gasteiger partial charge >= 0.3 is 0 Å². The molecule has 0 aromatic heterocycles. The molecule has 9 heteroatoms. The minimum absolute atomic E-state index is 0.00000655. The monoisotopic (exact) mass is 439 g/mol. The first-order valence-corrected chi connectivity index (χ1v) is 9.76. The fourth-order valence-corrected chi connectivity index (χ4v) is 3.25. The third kappa shape index (κ3) is 4.89. The van der Waals surface area contributed by atoms with Crippen molar-refractivity contribution in [2.24, 2.45) is 0 Å². The molecule has 1 heterocycles. The summed E-state index contributed by atoms with van der Waals surface area (Å²) in [6.07, 6.45) is 2.25. The van der Waals surface area contributed by atoms with Crippen LogP contribution in [0.1, 0.15) is 18.1 Å². The van der Waals surface area contributed by atoms with Crippen molar-refractivity contribution in [2.75, 3.05) is 18.6 Å². The summed E-state index contributed by atoms with van der Waals surface area (Å²) in [6.45, 7) is 1.39. The summed E-state index contributed by atoms with van der Waals surface area (Å²) in [4.78, 5) is 37.4. The topological polar surface area (TPSA) is 108 Å². The van der Waals surface area contributed by atoms with Crippen LogP contribution in [0.15, 0.2) is 48.0 Å². The molecule has 0 aliphatic carbocycles. The van der Waals surface area contributed by atoms with Gasteiger partial charge in [-0.25, -0.2) is 0 Å². The maximum absolute atomic E-state index is 13.1. The number of ether oxygens (including phenoxy) is 2. The minimum atomic E-state index is -1.37. The highest BCUT2D eigenvalue weighted by atomic mass is 32.1. The maximum Gasteiger partial charge on any atom is 0.270 e. The van der Waals surface area contributed by atoms with Crippen molar-refractivity contribution in [3.8, 4) is 11.5 Å². The predicted molar refractivity (Wildman–Crippen MR) is 116 cm³/mol. The highest BCUT2D eigenvalue weighted by Crippen LogP contribution is 2.30. The Morgan fingerprint density at radius 2 is 1.87 bits per heavy atom. The van der Waals surface area contributed by atoms with Crippen LogP contribution in [0.25, 0.3) is 6.08 Å². The quantitative estimate of drug-likeness (QED) is 0.393. The third-order valence-electron chi connectivity index (χ3n) is 4.55. The Labute approximate surface area is 184 Å². The molecular formula is C22H19N2O6S-. The van der Waals surface area contributed by atoms with E-state index < -0.39 is 24.4 Å². The van der Waals surface area contributed by atoms with Crippen LogP contribution in [0.5, 0.6) is 11.5 Å². The zero-order valence-electron chi connectivity index (χ0n) is 16.8. The van der Waals surface area contributed by atoms with E-state index in [4.69, 9.17) is 21.7 Å². The molecule has 8 nitrogen and oxygen atoms in total. The van der Waals surface area contributed by atoms with Crippen molar-refractivity contribution in [2.45, 2.75) is 13.3 Å². The SMILES string of the molecule is CCc1ccc(N2C(=O)/C(=C/c3ccc(OCC(=O)[O-])c(OC)c3)C(=O)NC2=S)cc1. The van der Waals surface area contributed by atoms with Gasteiger partial charge in [-0.1, -0.05) is 25.1 Å². The summed E-state index contributed by atoms with van der Waals surface area (Å²) in [5.74, 6) is -2.13. The van der Waals surface area contributed by atoms with Gasteiger partial charge in [0.1, 0.15) is 12.2 Å². The van der Waals surface area contributed by atoms with E-state index in [2.05, 4.69) is 5.32 Å². The second kappa shape index (κ2) is 9.40. The number of methoxy groups -OCH3 is 1. The lowest BCUT2D eigenvalue weighted by molar-refractivity contribution is -0.307. The Hall–Kier alpha value is -3.72. The van der Waals surface area contributed by atoms with E-state index >= 15 is 0 Å². The fraction of sp³-hybridized carbons (Fsp3) is 0.182. The molecule has 1 aliphatic rings. The van der Waals surface area contributed by atoms with Gasteiger partial charge in [-0.2, -0.15) is 0 Å². The standard InChI is InChI=1S/C22H20N2O6S/c1-3-13-4-7-15(8-5-13)24-21(28)16(20(27)23-22(24)31)10-14-6-9-17(18(11-14)29-2)30-12-19(25)26/h4-11H,3,12H2,1-2H3,(H,25,26)(H,23,27,31)/p-1/b16-10+. The molecule has 1 N–H and O–H groups in total. The Morgan fingerprint density at radius 1 is 1.16 bits per heavy atom. The number of nitrogens with zero attached hydrogens (tertiary/aromatic N) is 1. The van der Waals surface area contributed by atoms with Gasteiger partial charge in [0, 0.05) is 0 Å². The molecule has 0 saturated carbocycles. The molecule has 2 aromatic carbocycles. The van der Waals surface area contributed by atoms with E-state index in [9.17, 15) is 19.5 Å². The average Bonchev–Trinajstić information content (AvgIpc) is 2.75. The second-order valence-electron chi connectivity index (χ2n) is 6.55. The lowest BCUT2D eigenvalue weighted by Crippen LogP contribution is -2.54. The summed E-state index contributed by atoms with van der Waals surface area (Å²) in [7, 11) is 1.39. The number of rotatable bonds is 7. The minimum Gasteiger partial charge on any atom is -0.546 e. The molecule has 1 fully saturated rings. The number of anilines is 1. The average molecular weight is 439 g/mol. The number of hydrogen-bond acceptors (Lipinski definition) is 7. The van der Waals surface area contributed by atoms with E-state index in [0.29, 0.717) is 11.3 Å². The zero-order valence-corrected chi connectivity index (χ0v) is 17.7. The first kappa shape index (κ1) is 22.0.